The Kier molecular flexibility index (Phi) is 49.9. The number of halogens is 1. The van der Waals surface area contributed by atoms with Gasteiger partial charge in [0.25, 0.3) is 0 Å². The first-order valence-electron chi connectivity index (χ1n) is 1.96. The van der Waals surface area contributed by atoms with Gasteiger partial charge in [-0.3, -0.25) is 0 Å². The average Bonchev–Trinajstić information content (AvgIpc) is 1.66. The van der Waals surface area contributed by atoms with E-state index < -0.39 is 8.03 Å². The molecular formula is C2H12ClNaO2P5+. The SMILES string of the molecule is CCl.C[P+](=O)[O-].PP(P)P.[Na+]. The fourth-order valence-corrected chi connectivity index (χ4v) is 0. The van der Waals surface area contributed by atoms with Gasteiger partial charge < -0.3 is 4.89 Å². The fourth-order valence-electron chi connectivity index (χ4n) is 0. The molecule has 0 aromatic carbocycles. The van der Waals surface area contributed by atoms with Crippen LogP contribution in [0, 0.1) is 0 Å². The molecule has 0 bridgehead atoms. The van der Waals surface area contributed by atoms with Crippen molar-refractivity contribution in [3.63, 3.8) is 0 Å². The van der Waals surface area contributed by atoms with E-state index in [4.69, 9.17) is 9.46 Å². The van der Waals surface area contributed by atoms with Crippen LogP contribution in [0.2, 0.25) is 0 Å². The van der Waals surface area contributed by atoms with E-state index in [1.807, 2.05) is 0 Å². The van der Waals surface area contributed by atoms with Gasteiger partial charge in [0, 0.05) is 6.38 Å². The minimum Gasteiger partial charge on any atom is -0.596 e. The molecule has 11 heavy (non-hydrogen) atoms. The standard InChI is InChI=1S/CH3Cl.CH3O2P.Na.H6P4/c1-2;1-4(2)3;;1-4(2)3/h1H3;1H3;;1-3H2/q;;+1;. The van der Waals surface area contributed by atoms with E-state index in [-0.39, 0.29) is 36.5 Å². The number of hydrogen-bond donors (Lipinski definition) is 0. The molecule has 0 fully saturated rings. The van der Waals surface area contributed by atoms with E-state index in [0.717, 1.165) is 6.66 Å². The molecule has 4 atom stereocenters. The van der Waals surface area contributed by atoms with Crippen molar-refractivity contribution in [1.29, 1.82) is 0 Å². The summed E-state index contributed by atoms with van der Waals surface area (Å²) in [6, 6.07) is 0. The molecule has 0 amide bonds. The topological polar surface area (TPSA) is 40.1 Å². The molecule has 0 aliphatic carbocycles. The van der Waals surface area contributed by atoms with Crippen molar-refractivity contribution in [2.45, 2.75) is 0 Å². The van der Waals surface area contributed by atoms with Crippen LogP contribution in [-0.4, -0.2) is 13.0 Å². The van der Waals surface area contributed by atoms with Crippen LogP contribution in [0.5, 0.6) is 0 Å². The second kappa shape index (κ2) is 23.1. The van der Waals surface area contributed by atoms with Gasteiger partial charge in [0.2, 0.25) is 0 Å². The zero-order chi connectivity index (χ0) is 9.15. The van der Waals surface area contributed by atoms with Gasteiger partial charge in [-0.15, -0.1) is 38.4 Å². The summed E-state index contributed by atoms with van der Waals surface area (Å²) >= 11 is 4.64. The third-order valence-electron chi connectivity index (χ3n) is 0. The van der Waals surface area contributed by atoms with Crippen LogP contribution in [-0.2, 0) is 4.57 Å². The minimum absolute atomic E-state index is 0. The molecule has 0 aromatic heterocycles. The molecule has 0 heterocycles. The first-order valence-corrected chi connectivity index (χ1v) is 10.5. The van der Waals surface area contributed by atoms with Crippen molar-refractivity contribution in [2.24, 2.45) is 0 Å². The maximum atomic E-state index is 9.04. The van der Waals surface area contributed by atoms with Crippen LogP contribution >= 0.6 is 53.4 Å². The van der Waals surface area contributed by atoms with Gasteiger partial charge in [-0.25, -0.2) is 0 Å². The molecule has 9 heteroatoms. The van der Waals surface area contributed by atoms with Gasteiger partial charge in [0.05, 0.1) is 0 Å². The summed E-state index contributed by atoms with van der Waals surface area (Å²) in [5.74, 6) is 0. The molecule has 0 aliphatic heterocycles. The van der Waals surface area contributed by atoms with Gasteiger partial charge >= 0.3 is 37.6 Å². The maximum Gasteiger partial charge on any atom is 1.00 e. The summed E-state index contributed by atoms with van der Waals surface area (Å²) in [4.78, 5) is 9.04. The van der Waals surface area contributed by atoms with E-state index in [1.165, 1.54) is 6.38 Å². The Hall–Kier alpha value is 3.07. The minimum atomic E-state index is -2.12. The van der Waals surface area contributed by atoms with E-state index in [2.05, 4.69) is 38.4 Å². The van der Waals surface area contributed by atoms with Crippen molar-refractivity contribution in [3.8, 4) is 0 Å². The van der Waals surface area contributed by atoms with E-state index >= 15 is 0 Å². The molecule has 0 spiro atoms. The summed E-state index contributed by atoms with van der Waals surface area (Å²) < 4.78 is 9.04. The molecule has 0 aromatic rings. The average molecular weight is 281 g/mol. The molecule has 64 valence electrons. The first-order chi connectivity index (χ1) is 4.46. The summed E-state index contributed by atoms with van der Waals surface area (Å²) in [5.41, 5.74) is 0. The van der Waals surface area contributed by atoms with Gasteiger partial charge in [-0.05, 0) is 6.99 Å². The van der Waals surface area contributed by atoms with Crippen molar-refractivity contribution < 1.29 is 39.0 Å². The summed E-state index contributed by atoms with van der Waals surface area (Å²) in [6.45, 7) is 1.25. The number of rotatable bonds is 0. The van der Waals surface area contributed by atoms with Crippen LogP contribution in [0.1, 0.15) is 0 Å². The zero-order valence-electron chi connectivity index (χ0n) is 6.82. The predicted octanol–water partition coefficient (Wildman–Crippen LogP) is -0.584. The number of alkyl halides is 1. The molecule has 0 rings (SSSR count). The van der Waals surface area contributed by atoms with Gasteiger partial charge in [0.1, 0.15) is 6.66 Å². The normalized spacial score (nSPS) is 7.82. The predicted molar refractivity (Wildman–Crippen MR) is 61.4 cm³/mol. The largest absolute Gasteiger partial charge is 1.00 e. The van der Waals surface area contributed by atoms with Crippen molar-refractivity contribution >= 4 is 53.4 Å². The van der Waals surface area contributed by atoms with Gasteiger partial charge in [-0.2, -0.15) is 0 Å². The first kappa shape index (κ1) is 23.7. The quantitative estimate of drug-likeness (QED) is 0.338. The smallest absolute Gasteiger partial charge is 0.596 e. The summed E-state index contributed by atoms with van der Waals surface area (Å²) in [6.07, 6.45) is 1.47. The third kappa shape index (κ3) is 170. The van der Waals surface area contributed by atoms with Crippen molar-refractivity contribution in [2.75, 3.05) is 13.0 Å². The molecule has 0 saturated heterocycles. The maximum absolute atomic E-state index is 9.04. The second-order valence-corrected chi connectivity index (χ2v) is 13.4. The second-order valence-electron chi connectivity index (χ2n) is 0.887. The van der Waals surface area contributed by atoms with E-state index in [9.17, 15) is 0 Å². The fraction of sp³-hybridized carbons (Fsp3) is 1.00. The molecule has 2 nitrogen and oxygen atoms in total. The van der Waals surface area contributed by atoms with Crippen LogP contribution in [0.15, 0.2) is 0 Å². The van der Waals surface area contributed by atoms with Crippen LogP contribution in [0.25, 0.3) is 0 Å². The van der Waals surface area contributed by atoms with Crippen molar-refractivity contribution in [3.05, 3.63) is 0 Å². The van der Waals surface area contributed by atoms with Crippen molar-refractivity contribution in [1.82, 2.24) is 0 Å². The molecule has 0 radical (unpaired) electrons. The Morgan fingerprint density at radius 3 is 1.36 bits per heavy atom. The Bertz CT molecular complexity index is 66.7. The van der Waals surface area contributed by atoms with Crippen LogP contribution < -0.4 is 34.5 Å². The van der Waals surface area contributed by atoms with Crippen LogP contribution in [0.3, 0.4) is 0 Å². The van der Waals surface area contributed by atoms with E-state index in [0.29, 0.717) is 0 Å². The zero-order valence-corrected chi connectivity index (χ0v) is 14.8. The Labute approximate surface area is 105 Å². The number of hydrogen-bond acceptors (Lipinski definition) is 2. The van der Waals surface area contributed by atoms with E-state index in [1.54, 1.807) is 0 Å². The summed E-state index contributed by atoms with van der Waals surface area (Å²) in [7, 11) is 5.82. The summed E-state index contributed by atoms with van der Waals surface area (Å²) in [5, 5.41) is 0. The Balaban J connectivity index is -0.0000000339. The third-order valence-corrected chi connectivity index (χ3v) is 0. The van der Waals surface area contributed by atoms with Gasteiger partial charge in [0.15, 0.2) is 0 Å². The molecule has 0 saturated carbocycles. The monoisotopic (exact) mass is 281 g/mol. The van der Waals surface area contributed by atoms with Gasteiger partial charge in [-0.1, -0.05) is 4.57 Å². The molecular weight excluding hydrogens is 269 g/mol. The molecule has 0 aliphatic rings. The molecule has 4 unspecified atom stereocenters. The Morgan fingerprint density at radius 2 is 1.36 bits per heavy atom. The van der Waals surface area contributed by atoms with Crippen LogP contribution in [0.4, 0.5) is 0 Å². The molecule has 0 N–H and O–H groups in total. The Morgan fingerprint density at radius 1 is 1.36 bits per heavy atom.